The number of hydrogen-bond donors (Lipinski definition) is 2. The number of ether oxygens (including phenoxy) is 1. The van der Waals surface area contributed by atoms with Gasteiger partial charge in [0, 0.05) is 13.6 Å². The molecule has 1 aliphatic carbocycles. The minimum atomic E-state index is -0.649. The minimum absolute atomic E-state index is 0.113. The van der Waals surface area contributed by atoms with E-state index in [2.05, 4.69) is 15.0 Å². The Morgan fingerprint density at radius 3 is 2.61 bits per heavy atom. The van der Waals surface area contributed by atoms with Gasteiger partial charge < -0.3 is 20.5 Å². The molecular formula is C11H19N5O2. The van der Waals surface area contributed by atoms with Crippen LogP contribution in [-0.4, -0.2) is 46.4 Å². The van der Waals surface area contributed by atoms with E-state index in [0.29, 0.717) is 12.5 Å². The Kier molecular flexibility index (Phi) is 3.51. The highest BCUT2D eigenvalue weighted by molar-refractivity contribution is 5.35. The molecule has 1 aromatic rings. The monoisotopic (exact) mass is 253 g/mol. The van der Waals surface area contributed by atoms with Gasteiger partial charge in [0.25, 0.3) is 0 Å². The topological polar surface area (TPSA) is 97.4 Å². The maximum Gasteiger partial charge on any atom is 0.322 e. The first-order valence-electron chi connectivity index (χ1n) is 6.01. The van der Waals surface area contributed by atoms with Gasteiger partial charge in [-0.15, -0.1) is 0 Å². The SMILES string of the molecule is COc1nc(N)nc(N(C)CC2(O)CCCC2)n1. The molecule has 100 valence electrons. The Morgan fingerprint density at radius 1 is 1.33 bits per heavy atom. The van der Waals surface area contributed by atoms with E-state index in [4.69, 9.17) is 10.5 Å². The van der Waals surface area contributed by atoms with Crippen LogP contribution in [-0.2, 0) is 0 Å². The number of hydrogen-bond acceptors (Lipinski definition) is 7. The number of likely N-dealkylation sites (N-methyl/N-ethyl adjacent to an activating group) is 1. The second kappa shape index (κ2) is 4.93. The van der Waals surface area contributed by atoms with Gasteiger partial charge in [-0.25, -0.2) is 0 Å². The number of aliphatic hydroxyl groups is 1. The van der Waals surface area contributed by atoms with Crippen molar-refractivity contribution in [3.8, 4) is 6.01 Å². The van der Waals surface area contributed by atoms with E-state index in [1.807, 2.05) is 7.05 Å². The molecule has 18 heavy (non-hydrogen) atoms. The zero-order valence-corrected chi connectivity index (χ0v) is 10.8. The molecule has 0 saturated heterocycles. The van der Waals surface area contributed by atoms with E-state index in [9.17, 15) is 5.11 Å². The van der Waals surface area contributed by atoms with Crippen LogP contribution in [0.3, 0.4) is 0 Å². The molecule has 1 heterocycles. The molecule has 1 saturated carbocycles. The second-order valence-corrected chi connectivity index (χ2v) is 4.77. The normalized spacial score (nSPS) is 17.7. The van der Waals surface area contributed by atoms with Gasteiger partial charge >= 0.3 is 6.01 Å². The third-order valence-corrected chi connectivity index (χ3v) is 3.21. The zero-order chi connectivity index (χ0) is 13.2. The van der Waals surface area contributed by atoms with Gasteiger partial charge in [0.05, 0.1) is 12.7 Å². The smallest absolute Gasteiger partial charge is 0.322 e. The molecule has 0 unspecified atom stereocenters. The van der Waals surface area contributed by atoms with Crippen LogP contribution in [0, 0.1) is 0 Å². The summed E-state index contributed by atoms with van der Waals surface area (Å²) in [5, 5.41) is 10.3. The molecular weight excluding hydrogens is 234 g/mol. The molecule has 1 fully saturated rings. The van der Waals surface area contributed by atoms with Crippen LogP contribution in [0.25, 0.3) is 0 Å². The van der Waals surface area contributed by atoms with Crippen LogP contribution in [0.15, 0.2) is 0 Å². The van der Waals surface area contributed by atoms with Gasteiger partial charge in [0.15, 0.2) is 0 Å². The third-order valence-electron chi connectivity index (χ3n) is 3.21. The lowest BCUT2D eigenvalue weighted by molar-refractivity contribution is 0.0556. The molecule has 0 aliphatic heterocycles. The molecule has 0 radical (unpaired) electrons. The van der Waals surface area contributed by atoms with Crippen molar-refractivity contribution >= 4 is 11.9 Å². The number of nitrogens with two attached hydrogens (primary N) is 1. The minimum Gasteiger partial charge on any atom is -0.467 e. The van der Waals surface area contributed by atoms with Crippen molar-refractivity contribution in [2.75, 3.05) is 31.3 Å². The predicted molar refractivity (Wildman–Crippen MR) is 67.5 cm³/mol. The molecule has 0 amide bonds. The molecule has 7 heteroatoms. The summed E-state index contributed by atoms with van der Waals surface area (Å²) in [6.07, 6.45) is 3.75. The molecule has 7 nitrogen and oxygen atoms in total. The third kappa shape index (κ3) is 2.79. The van der Waals surface area contributed by atoms with Crippen LogP contribution in [0.2, 0.25) is 0 Å². The molecule has 0 atom stereocenters. The first kappa shape index (κ1) is 12.8. The first-order valence-corrected chi connectivity index (χ1v) is 6.01. The Hall–Kier alpha value is -1.63. The number of nitrogens with zero attached hydrogens (tertiary/aromatic N) is 4. The lowest BCUT2D eigenvalue weighted by Crippen LogP contribution is -2.40. The summed E-state index contributed by atoms with van der Waals surface area (Å²) in [4.78, 5) is 13.8. The van der Waals surface area contributed by atoms with E-state index < -0.39 is 5.60 Å². The van der Waals surface area contributed by atoms with Crippen molar-refractivity contribution in [1.82, 2.24) is 15.0 Å². The molecule has 0 bridgehead atoms. The Morgan fingerprint density at radius 2 is 2.00 bits per heavy atom. The lowest BCUT2D eigenvalue weighted by atomic mass is 10.0. The van der Waals surface area contributed by atoms with Gasteiger partial charge in [0.2, 0.25) is 11.9 Å². The number of rotatable bonds is 4. The van der Waals surface area contributed by atoms with Crippen LogP contribution in [0.4, 0.5) is 11.9 Å². The number of aromatic nitrogens is 3. The molecule has 3 N–H and O–H groups in total. The van der Waals surface area contributed by atoms with Crippen LogP contribution < -0.4 is 15.4 Å². The molecule has 0 aromatic carbocycles. The number of anilines is 2. The van der Waals surface area contributed by atoms with Gasteiger partial charge in [-0.2, -0.15) is 15.0 Å². The Labute approximate surface area is 106 Å². The van der Waals surface area contributed by atoms with Crippen molar-refractivity contribution in [2.24, 2.45) is 0 Å². The first-order chi connectivity index (χ1) is 8.52. The summed E-state index contributed by atoms with van der Waals surface area (Å²) in [7, 11) is 3.30. The standard InChI is InChI=1S/C11H19N5O2/c1-16(7-11(17)5-3-4-6-11)9-13-8(12)14-10(15-9)18-2/h17H,3-7H2,1-2H3,(H2,12,13,14,15). The average molecular weight is 253 g/mol. The second-order valence-electron chi connectivity index (χ2n) is 4.77. The maximum atomic E-state index is 10.3. The van der Waals surface area contributed by atoms with Crippen molar-refractivity contribution < 1.29 is 9.84 Å². The number of nitrogen functional groups attached to an aromatic ring is 1. The zero-order valence-electron chi connectivity index (χ0n) is 10.8. The largest absolute Gasteiger partial charge is 0.467 e. The molecule has 2 rings (SSSR count). The predicted octanol–water partition coefficient (Wildman–Crippen LogP) is 0.204. The molecule has 1 aliphatic rings. The molecule has 1 aromatic heterocycles. The highest BCUT2D eigenvalue weighted by atomic mass is 16.5. The fourth-order valence-electron chi connectivity index (χ4n) is 2.33. The van der Waals surface area contributed by atoms with Crippen LogP contribution in [0.1, 0.15) is 25.7 Å². The van der Waals surface area contributed by atoms with Gasteiger partial charge in [-0.1, -0.05) is 12.8 Å². The fraction of sp³-hybridized carbons (Fsp3) is 0.727. The fourth-order valence-corrected chi connectivity index (χ4v) is 2.33. The summed E-state index contributed by atoms with van der Waals surface area (Å²) in [5.74, 6) is 0.529. The summed E-state index contributed by atoms with van der Waals surface area (Å²) >= 11 is 0. The van der Waals surface area contributed by atoms with E-state index in [-0.39, 0.29) is 12.0 Å². The summed E-state index contributed by atoms with van der Waals surface area (Å²) in [6, 6.07) is 0.183. The summed E-state index contributed by atoms with van der Waals surface area (Å²) in [6.45, 7) is 0.486. The molecule has 0 spiro atoms. The van der Waals surface area contributed by atoms with Crippen molar-refractivity contribution in [3.05, 3.63) is 0 Å². The van der Waals surface area contributed by atoms with Crippen molar-refractivity contribution in [1.29, 1.82) is 0 Å². The highest BCUT2D eigenvalue weighted by Gasteiger charge is 2.33. The van der Waals surface area contributed by atoms with E-state index >= 15 is 0 Å². The average Bonchev–Trinajstić information content (AvgIpc) is 2.74. The van der Waals surface area contributed by atoms with E-state index in [0.717, 1.165) is 25.7 Å². The van der Waals surface area contributed by atoms with E-state index in [1.54, 1.807) is 4.90 Å². The lowest BCUT2D eigenvalue weighted by Gasteiger charge is -2.28. The van der Waals surface area contributed by atoms with Gasteiger partial charge in [-0.3, -0.25) is 0 Å². The van der Waals surface area contributed by atoms with E-state index in [1.165, 1.54) is 7.11 Å². The Bertz CT molecular complexity index is 420. The van der Waals surface area contributed by atoms with Gasteiger partial charge in [0.1, 0.15) is 0 Å². The van der Waals surface area contributed by atoms with Crippen molar-refractivity contribution in [2.45, 2.75) is 31.3 Å². The van der Waals surface area contributed by atoms with Crippen LogP contribution >= 0.6 is 0 Å². The van der Waals surface area contributed by atoms with Gasteiger partial charge in [-0.05, 0) is 12.8 Å². The summed E-state index contributed by atoms with van der Waals surface area (Å²) < 4.78 is 4.95. The number of methoxy groups -OCH3 is 1. The maximum absolute atomic E-state index is 10.3. The summed E-state index contributed by atoms with van der Waals surface area (Å²) in [5.41, 5.74) is 4.93. The quantitative estimate of drug-likeness (QED) is 0.791. The van der Waals surface area contributed by atoms with Crippen LogP contribution in [0.5, 0.6) is 6.01 Å². The highest BCUT2D eigenvalue weighted by Crippen LogP contribution is 2.30. The Balaban J connectivity index is 2.12. The van der Waals surface area contributed by atoms with Crippen molar-refractivity contribution in [3.63, 3.8) is 0 Å².